The average molecular weight is 341 g/mol. The van der Waals surface area contributed by atoms with Gasteiger partial charge in [0.2, 0.25) is 0 Å². The predicted molar refractivity (Wildman–Crippen MR) is 94.3 cm³/mol. The Hall–Kier alpha value is -1.52. The van der Waals surface area contributed by atoms with Crippen molar-refractivity contribution in [1.82, 2.24) is 4.98 Å². The van der Waals surface area contributed by atoms with E-state index in [1.165, 1.54) is 70.4 Å². The Morgan fingerprint density at radius 2 is 1.50 bits per heavy atom. The van der Waals surface area contributed by atoms with Crippen LogP contribution < -0.4 is 4.74 Å². The lowest BCUT2D eigenvalue weighted by Crippen LogP contribution is -2.01. The van der Waals surface area contributed by atoms with Crippen molar-refractivity contribution in [2.24, 2.45) is 0 Å². The van der Waals surface area contributed by atoms with Gasteiger partial charge in [-0.05, 0) is 6.42 Å². The lowest BCUT2D eigenvalue weighted by molar-refractivity contribution is 0.0685. The molecule has 0 aromatic carbocycles. The average Bonchev–Trinajstić information content (AvgIpc) is 2.93. The van der Waals surface area contributed by atoms with Crippen LogP contribution in [-0.4, -0.2) is 22.7 Å². The predicted octanol–water partition coefficient (Wildman–Crippen LogP) is 5.93. The Labute approximate surface area is 144 Å². The Kier molecular flexibility index (Phi) is 11.0. The highest BCUT2D eigenvalue weighted by Crippen LogP contribution is 2.20. The zero-order valence-electron chi connectivity index (χ0n) is 14.9. The van der Waals surface area contributed by atoms with Gasteiger partial charge in [-0.1, -0.05) is 77.6 Å². The molecule has 138 valence electrons. The number of H-pyrrole nitrogens is 1. The first-order valence-electron chi connectivity index (χ1n) is 9.39. The molecule has 0 spiro atoms. The van der Waals surface area contributed by atoms with Gasteiger partial charge >= 0.3 is 5.97 Å². The van der Waals surface area contributed by atoms with Gasteiger partial charge in [0.1, 0.15) is 0 Å². The number of aromatic carboxylic acids is 1. The number of carboxylic acids is 1. The lowest BCUT2D eigenvalue weighted by Gasteiger charge is -2.05. The number of hydrogen-bond donors (Lipinski definition) is 2. The van der Waals surface area contributed by atoms with Gasteiger partial charge in [-0.25, -0.2) is 9.18 Å². The highest BCUT2D eigenvalue weighted by atomic mass is 19.1. The standard InChI is InChI=1S/C19H32FNO3/c1-2-3-4-5-6-7-8-9-10-11-12-13-14-24-16-15-21-18(17(16)20)19(22)23/h15,21H,2-14H2,1H3,(H,22,23). The maximum atomic E-state index is 13.6. The van der Waals surface area contributed by atoms with Gasteiger partial charge in [0.25, 0.3) is 0 Å². The van der Waals surface area contributed by atoms with Crippen molar-refractivity contribution in [2.45, 2.75) is 84.0 Å². The van der Waals surface area contributed by atoms with Crippen molar-refractivity contribution in [1.29, 1.82) is 0 Å². The third kappa shape index (κ3) is 8.37. The molecule has 1 aromatic heterocycles. The van der Waals surface area contributed by atoms with Gasteiger partial charge in [0.15, 0.2) is 17.3 Å². The lowest BCUT2D eigenvalue weighted by atomic mass is 10.1. The molecule has 0 radical (unpaired) electrons. The van der Waals surface area contributed by atoms with Crippen LogP contribution in [0.4, 0.5) is 4.39 Å². The topological polar surface area (TPSA) is 62.3 Å². The molecule has 24 heavy (non-hydrogen) atoms. The minimum absolute atomic E-state index is 0.00419. The van der Waals surface area contributed by atoms with Crippen LogP contribution in [0.1, 0.15) is 94.5 Å². The number of aromatic amines is 1. The number of nitrogens with one attached hydrogen (secondary N) is 1. The fraction of sp³-hybridized carbons (Fsp3) is 0.737. The van der Waals surface area contributed by atoms with E-state index in [2.05, 4.69) is 11.9 Å². The van der Waals surface area contributed by atoms with Crippen LogP contribution in [0.2, 0.25) is 0 Å². The molecule has 0 aliphatic heterocycles. The van der Waals surface area contributed by atoms with Crippen molar-refractivity contribution < 1.29 is 19.0 Å². The quantitative estimate of drug-likeness (QED) is 0.388. The van der Waals surface area contributed by atoms with Gasteiger partial charge in [0, 0.05) is 6.20 Å². The second-order valence-electron chi connectivity index (χ2n) is 6.38. The summed E-state index contributed by atoms with van der Waals surface area (Å²) in [6, 6.07) is 0. The molecule has 0 aliphatic rings. The molecule has 5 heteroatoms. The first-order chi connectivity index (χ1) is 11.7. The monoisotopic (exact) mass is 341 g/mol. The molecule has 0 unspecified atom stereocenters. The van der Waals surface area contributed by atoms with Gasteiger partial charge in [0.05, 0.1) is 6.61 Å². The van der Waals surface area contributed by atoms with Crippen LogP contribution in [0, 0.1) is 5.82 Å². The number of carbonyl (C=O) groups is 1. The van der Waals surface area contributed by atoms with Gasteiger partial charge < -0.3 is 14.8 Å². The van der Waals surface area contributed by atoms with E-state index >= 15 is 0 Å². The van der Waals surface area contributed by atoms with Crippen molar-refractivity contribution in [3.63, 3.8) is 0 Å². The zero-order chi connectivity index (χ0) is 17.6. The summed E-state index contributed by atoms with van der Waals surface area (Å²) in [6.45, 7) is 2.67. The fourth-order valence-electron chi connectivity index (χ4n) is 2.77. The Morgan fingerprint density at radius 3 is 1.96 bits per heavy atom. The Balaban J connectivity index is 1.91. The maximum Gasteiger partial charge on any atom is 0.355 e. The molecular weight excluding hydrogens is 309 g/mol. The van der Waals surface area contributed by atoms with E-state index in [9.17, 15) is 9.18 Å². The molecule has 4 nitrogen and oxygen atoms in total. The van der Waals surface area contributed by atoms with Crippen molar-refractivity contribution in [3.05, 3.63) is 17.7 Å². The molecule has 0 atom stereocenters. The number of rotatable bonds is 15. The van der Waals surface area contributed by atoms with Gasteiger partial charge in [-0.2, -0.15) is 0 Å². The number of aromatic nitrogens is 1. The zero-order valence-corrected chi connectivity index (χ0v) is 14.9. The SMILES string of the molecule is CCCCCCCCCCCCCCOc1c[nH]c(C(=O)O)c1F. The van der Waals surface area contributed by atoms with Crippen molar-refractivity contribution in [3.8, 4) is 5.75 Å². The smallest absolute Gasteiger partial charge is 0.355 e. The van der Waals surface area contributed by atoms with Gasteiger partial charge in [-0.15, -0.1) is 0 Å². The minimum atomic E-state index is -1.31. The summed E-state index contributed by atoms with van der Waals surface area (Å²) in [6.07, 6.45) is 16.4. The van der Waals surface area contributed by atoms with E-state index < -0.39 is 17.5 Å². The van der Waals surface area contributed by atoms with Crippen LogP contribution in [0.15, 0.2) is 6.20 Å². The molecule has 0 fully saturated rings. The van der Waals surface area contributed by atoms with E-state index in [1.807, 2.05) is 0 Å². The van der Waals surface area contributed by atoms with Crippen LogP contribution >= 0.6 is 0 Å². The summed E-state index contributed by atoms with van der Waals surface area (Å²) < 4.78 is 18.9. The Morgan fingerprint density at radius 1 is 1.00 bits per heavy atom. The molecule has 1 aromatic rings. The normalized spacial score (nSPS) is 10.9. The highest BCUT2D eigenvalue weighted by molar-refractivity contribution is 5.86. The third-order valence-corrected chi connectivity index (χ3v) is 4.25. The molecule has 0 bridgehead atoms. The van der Waals surface area contributed by atoms with E-state index in [-0.39, 0.29) is 5.75 Å². The van der Waals surface area contributed by atoms with Crippen molar-refractivity contribution >= 4 is 5.97 Å². The summed E-state index contributed by atoms with van der Waals surface area (Å²) in [5, 5.41) is 8.74. The second kappa shape index (κ2) is 12.8. The summed E-state index contributed by atoms with van der Waals surface area (Å²) in [7, 11) is 0. The number of ether oxygens (including phenoxy) is 1. The van der Waals surface area contributed by atoms with Crippen LogP contribution in [0.5, 0.6) is 5.75 Å². The van der Waals surface area contributed by atoms with Crippen LogP contribution in [0.25, 0.3) is 0 Å². The van der Waals surface area contributed by atoms with E-state index in [4.69, 9.17) is 9.84 Å². The summed E-state index contributed by atoms with van der Waals surface area (Å²) in [5.74, 6) is -2.13. The first-order valence-corrected chi connectivity index (χ1v) is 9.39. The van der Waals surface area contributed by atoms with E-state index in [1.54, 1.807) is 0 Å². The minimum Gasteiger partial charge on any atom is -0.489 e. The molecule has 0 amide bonds. The van der Waals surface area contributed by atoms with Crippen LogP contribution in [0.3, 0.4) is 0 Å². The maximum absolute atomic E-state index is 13.6. The molecule has 2 N–H and O–H groups in total. The number of halogens is 1. The Bertz CT molecular complexity index is 459. The molecule has 0 saturated heterocycles. The van der Waals surface area contributed by atoms with E-state index in [0.29, 0.717) is 6.61 Å². The molecule has 1 rings (SSSR count). The molecule has 0 aliphatic carbocycles. The fourth-order valence-corrected chi connectivity index (χ4v) is 2.77. The van der Waals surface area contributed by atoms with E-state index in [0.717, 1.165) is 12.8 Å². The second-order valence-corrected chi connectivity index (χ2v) is 6.38. The molecule has 0 saturated carbocycles. The summed E-state index contributed by atoms with van der Waals surface area (Å²) in [5.41, 5.74) is -0.445. The van der Waals surface area contributed by atoms with Crippen molar-refractivity contribution in [2.75, 3.05) is 6.61 Å². The summed E-state index contributed by atoms with van der Waals surface area (Å²) >= 11 is 0. The van der Waals surface area contributed by atoms with Gasteiger partial charge in [-0.3, -0.25) is 0 Å². The third-order valence-electron chi connectivity index (χ3n) is 4.25. The summed E-state index contributed by atoms with van der Waals surface area (Å²) in [4.78, 5) is 13.1. The number of hydrogen-bond acceptors (Lipinski definition) is 2. The number of carboxylic acid groups (broad SMARTS) is 1. The molecular formula is C19H32FNO3. The highest BCUT2D eigenvalue weighted by Gasteiger charge is 2.17. The van der Waals surface area contributed by atoms with Crippen LogP contribution in [-0.2, 0) is 0 Å². The number of unbranched alkanes of at least 4 members (excludes halogenated alkanes) is 11. The molecule has 1 heterocycles. The first kappa shape index (κ1) is 20.5. The largest absolute Gasteiger partial charge is 0.489 e.